The van der Waals surface area contributed by atoms with E-state index in [-0.39, 0.29) is 5.41 Å². The maximum atomic E-state index is 9.79. The summed E-state index contributed by atoms with van der Waals surface area (Å²) >= 11 is 0. The van der Waals surface area contributed by atoms with Crippen molar-refractivity contribution < 1.29 is 5.11 Å². The molecule has 0 aliphatic carbocycles. The summed E-state index contributed by atoms with van der Waals surface area (Å²) in [6, 6.07) is 1.76. The quantitative estimate of drug-likeness (QED) is 0.803. The monoisotopic (exact) mass is 194 g/mol. The zero-order valence-corrected chi connectivity index (χ0v) is 9.07. The summed E-state index contributed by atoms with van der Waals surface area (Å²) < 4.78 is 0. The molecule has 0 radical (unpaired) electrons. The largest absolute Gasteiger partial charge is 0.387 e. The summed E-state index contributed by atoms with van der Waals surface area (Å²) in [6.45, 7) is 6.50. The van der Waals surface area contributed by atoms with Crippen LogP contribution < -0.4 is 0 Å². The van der Waals surface area contributed by atoms with Gasteiger partial charge in [0.25, 0.3) is 0 Å². The molecule has 0 saturated heterocycles. The number of aromatic nitrogens is 2. The van der Waals surface area contributed by atoms with Crippen molar-refractivity contribution in [2.75, 3.05) is 0 Å². The Bertz CT molecular complexity index is 266. The van der Waals surface area contributed by atoms with Crippen LogP contribution in [-0.2, 0) is 0 Å². The van der Waals surface area contributed by atoms with E-state index in [0.717, 1.165) is 12.8 Å². The minimum atomic E-state index is -0.461. The number of hydrogen-bond acceptors (Lipinski definition) is 3. The van der Waals surface area contributed by atoms with Gasteiger partial charge in [0.15, 0.2) is 0 Å². The molecule has 3 nitrogen and oxygen atoms in total. The molecule has 0 aliphatic rings. The van der Waals surface area contributed by atoms with E-state index in [1.807, 2.05) is 0 Å². The molecule has 1 heterocycles. The van der Waals surface area contributed by atoms with Crippen LogP contribution >= 0.6 is 0 Å². The first kappa shape index (κ1) is 11.1. The Kier molecular flexibility index (Phi) is 3.58. The number of hydrogen-bond donors (Lipinski definition) is 1. The zero-order chi connectivity index (χ0) is 10.6. The predicted octanol–water partition coefficient (Wildman–Crippen LogP) is 2.34. The van der Waals surface area contributed by atoms with Gasteiger partial charge in [-0.3, -0.25) is 0 Å². The van der Waals surface area contributed by atoms with Crippen molar-refractivity contribution in [3.63, 3.8) is 0 Å². The van der Waals surface area contributed by atoms with Gasteiger partial charge in [0, 0.05) is 6.20 Å². The zero-order valence-electron chi connectivity index (χ0n) is 9.07. The highest BCUT2D eigenvalue weighted by atomic mass is 16.3. The normalized spacial score (nSPS) is 14.0. The number of aliphatic hydroxyl groups is 1. The van der Waals surface area contributed by atoms with Crippen LogP contribution in [0.1, 0.15) is 45.4 Å². The minimum absolute atomic E-state index is 0.258. The molecule has 0 fully saturated rings. The van der Waals surface area contributed by atoms with E-state index < -0.39 is 6.10 Å². The average Bonchev–Trinajstić information content (AvgIpc) is 2.14. The summed E-state index contributed by atoms with van der Waals surface area (Å²) in [5.74, 6) is 0. The maximum absolute atomic E-state index is 9.79. The lowest BCUT2D eigenvalue weighted by atomic mass is 9.89. The maximum Gasteiger partial charge on any atom is 0.115 e. The summed E-state index contributed by atoms with van der Waals surface area (Å²) in [4.78, 5) is 7.83. The van der Waals surface area contributed by atoms with Crippen LogP contribution in [0, 0.1) is 5.41 Å². The fraction of sp³-hybridized carbons (Fsp3) is 0.636. The van der Waals surface area contributed by atoms with Crippen molar-refractivity contribution >= 4 is 0 Å². The summed E-state index contributed by atoms with van der Waals surface area (Å²) in [5, 5.41) is 9.79. The van der Waals surface area contributed by atoms with Crippen LogP contribution in [0.2, 0.25) is 0 Å². The van der Waals surface area contributed by atoms with Crippen molar-refractivity contribution in [2.24, 2.45) is 5.41 Å². The molecule has 78 valence electrons. The second-order valence-corrected chi connectivity index (χ2v) is 4.75. The molecule has 1 rings (SSSR count). The van der Waals surface area contributed by atoms with Crippen LogP contribution in [0.25, 0.3) is 0 Å². The first-order valence-corrected chi connectivity index (χ1v) is 4.93. The van der Waals surface area contributed by atoms with Crippen LogP contribution in [0.5, 0.6) is 0 Å². The van der Waals surface area contributed by atoms with E-state index in [1.54, 1.807) is 12.3 Å². The van der Waals surface area contributed by atoms with E-state index in [4.69, 9.17) is 0 Å². The predicted molar refractivity (Wildman–Crippen MR) is 55.7 cm³/mol. The fourth-order valence-electron chi connectivity index (χ4n) is 1.22. The molecule has 0 bridgehead atoms. The fourth-order valence-corrected chi connectivity index (χ4v) is 1.22. The van der Waals surface area contributed by atoms with Crippen molar-refractivity contribution in [3.8, 4) is 0 Å². The van der Waals surface area contributed by atoms with Gasteiger partial charge in [-0.2, -0.15) is 0 Å². The molecule has 1 N–H and O–H groups in total. The molecule has 1 unspecified atom stereocenters. The lowest BCUT2D eigenvalue weighted by Crippen LogP contribution is -2.09. The molecular weight excluding hydrogens is 176 g/mol. The van der Waals surface area contributed by atoms with Gasteiger partial charge in [0.05, 0.1) is 11.8 Å². The van der Waals surface area contributed by atoms with Crippen molar-refractivity contribution in [1.29, 1.82) is 0 Å². The van der Waals surface area contributed by atoms with Crippen LogP contribution in [-0.4, -0.2) is 15.1 Å². The second-order valence-electron chi connectivity index (χ2n) is 4.75. The molecule has 0 aromatic carbocycles. The van der Waals surface area contributed by atoms with Gasteiger partial charge >= 0.3 is 0 Å². The van der Waals surface area contributed by atoms with Gasteiger partial charge in [0.1, 0.15) is 6.33 Å². The van der Waals surface area contributed by atoms with Crippen molar-refractivity contribution in [1.82, 2.24) is 9.97 Å². The Labute approximate surface area is 85.2 Å². The third-order valence-electron chi connectivity index (χ3n) is 2.11. The van der Waals surface area contributed by atoms with E-state index in [2.05, 4.69) is 30.7 Å². The van der Waals surface area contributed by atoms with Crippen LogP contribution in [0.3, 0.4) is 0 Å². The summed E-state index contributed by atoms with van der Waals surface area (Å²) in [7, 11) is 0. The molecule has 1 atom stereocenters. The van der Waals surface area contributed by atoms with Gasteiger partial charge in [-0.1, -0.05) is 20.8 Å². The molecule has 3 heteroatoms. The Morgan fingerprint density at radius 1 is 1.43 bits per heavy atom. The Morgan fingerprint density at radius 2 is 2.14 bits per heavy atom. The minimum Gasteiger partial charge on any atom is -0.387 e. The Balaban J connectivity index is 2.48. The third kappa shape index (κ3) is 3.83. The van der Waals surface area contributed by atoms with Crippen LogP contribution in [0.4, 0.5) is 0 Å². The van der Waals surface area contributed by atoms with Gasteiger partial charge in [0.2, 0.25) is 0 Å². The number of aliphatic hydroxyl groups excluding tert-OH is 1. The smallest absolute Gasteiger partial charge is 0.115 e. The van der Waals surface area contributed by atoms with Gasteiger partial charge < -0.3 is 5.11 Å². The Morgan fingerprint density at radius 3 is 2.64 bits per heavy atom. The molecule has 14 heavy (non-hydrogen) atoms. The topological polar surface area (TPSA) is 46.0 Å². The van der Waals surface area contributed by atoms with Gasteiger partial charge in [-0.15, -0.1) is 0 Å². The van der Waals surface area contributed by atoms with E-state index in [9.17, 15) is 5.11 Å². The highest BCUT2D eigenvalue weighted by Gasteiger charge is 2.15. The number of nitrogens with zero attached hydrogens (tertiary/aromatic N) is 2. The molecule has 0 aliphatic heterocycles. The number of rotatable bonds is 3. The van der Waals surface area contributed by atoms with Crippen LogP contribution in [0.15, 0.2) is 18.6 Å². The molecule has 1 aromatic heterocycles. The van der Waals surface area contributed by atoms with Gasteiger partial charge in [-0.05, 0) is 24.3 Å². The van der Waals surface area contributed by atoms with E-state index in [0.29, 0.717) is 5.69 Å². The van der Waals surface area contributed by atoms with E-state index >= 15 is 0 Å². The third-order valence-corrected chi connectivity index (χ3v) is 2.11. The highest BCUT2D eigenvalue weighted by molar-refractivity contribution is 5.01. The first-order chi connectivity index (χ1) is 6.49. The highest BCUT2D eigenvalue weighted by Crippen LogP contribution is 2.26. The lowest BCUT2D eigenvalue weighted by molar-refractivity contribution is 0.143. The molecule has 0 spiro atoms. The standard InChI is InChI=1S/C11H18N2O/c1-11(2,3)6-4-10(14)9-5-7-12-8-13-9/h5,7-8,10,14H,4,6H2,1-3H3. The first-order valence-electron chi connectivity index (χ1n) is 4.93. The average molecular weight is 194 g/mol. The lowest BCUT2D eigenvalue weighted by Gasteiger charge is -2.19. The second kappa shape index (κ2) is 4.51. The van der Waals surface area contributed by atoms with Gasteiger partial charge in [-0.25, -0.2) is 9.97 Å². The van der Waals surface area contributed by atoms with E-state index in [1.165, 1.54) is 6.33 Å². The van der Waals surface area contributed by atoms with Crippen molar-refractivity contribution in [2.45, 2.75) is 39.7 Å². The van der Waals surface area contributed by atoms with Crippen molar-refractivity contribution in [3.05, 3.63) is 24.3 Å². The molecular formula is C11H18N2O. The Hall–Kier alpha value is -0.960. The molecule has 0 saturated carbocycles. The summed E-state index contributed by atoms with van der Waals surface area (Å²) in [6.07, 6.45) is 4.40. The summed E-state index contributed by atoms with van der Waals surface area (Å²) in [5.41, 5.74) is 0.970. The molecule has 1 aromatic rings. The SMILES string of the molecule is CC(C)(C)CCC(O)c1ccncn1. The molecule has 0 amide bonds.